The summed E-state index contributed by atoms with van der Waals surface area (Å²) in [5, 5.41) is 13.7. The molecule has 0 spiro atoms. The number of nitrogens with zero attached hydrogens (tertiary/aromatic N) is 1. The lowest BCUT2D eigenvalue weighted by atomic mass is 10.2. The smallest absolute Gasteiger partial charge is 0.269 e. The molecule has 0 aliphatic heterocycles. The van der Waals surface area contributed by atoms with Crippen LogP contribution in [0.25, 0.3) is 0 Å². The van der Waals surface area contributed by atoms with E-state index in [2.05, 4.69) is 10.0 Å². The number of para-hydroxylation sites is 1. The average Bonchev–Trinajstić information content (AvgIpc) is 2.45. The third-order valence-corrected chi connectivity index (χ3v) is 3.46. The van der Waals surface area contributed by atoms with Gasteiger partial charge >= 0.3 is 0 Å². The highest BCUT2D eigenvalue weighted by Gasteiger charge is 2.07. The van der Waals surface area contributed by atoms with E-state index in [1.165, 1.54) is 12.1 Å². The van der Waals surface area contributed by atoms with Gasteiger partial charge in [-0.05, 0) is 23.8 Å². The molecule has 8 heteroatoms. The van der Waals surface area contributed by atoms with Crippen molar-refractivity contribution >= 4 is 27.1 Å². The van der Waals surface area contributed by atoms with Crippen LogP contribution in [0.3, 0.4) is 0 Å². The Morgan fingerprint density at radius 1 is 1.09 bits per heavy atom. The Kier molecular flexibility index (Phi) is 4.62. The van der Waals surface area contributed by atoms with Crippen molar-refractivity contribution in [3.8, 4) is 0 Å². The van der Waals surface area contributed by atoms with Crippen LogP contribution in [-0.2, 0) is 16.6 Å². The van der Waals surface area contributed by atoms with Gasteiger partial charge in [0, 0.05) is 24.4 Å². The van der Waals surface area contributed by atoms with Gasteiger partial charge in [-0.2, -0.15) is 0 Å². The lowest BCUT2D eigenvalue weighted by Crippen LogP contribution is -2.12. The van der Waals surface area contributed by atoms with Gasteiger partial charge in [-0.3, -0.25) is 14.8 Å². The van der Waals surface area contributed by atoms with E-state index in [1.807, 2.05) is 0 Å². The number of nitrogens with one attached hydrogen (secondary N) is 2. The first kappa shape index (κ1) is 15.8. The van der Waals surface area contributed by atoms with Crippen molar-refractivity contribution in [2.45, 2.75) is 6.54 Å². The third kappa shape index (κ3) is 4.45. The SMILES string of the molecule is CS(=O)(=O)Nc1ccccc1CNc1ccc([N+](=O)[O-])cc1. The van der Waals surface area contributed by atoms with Crippen LogP contribution in [0, 0.1) is 10.1 Å². The van der Waals surface area contributed by atoms with Crippen molar-refractivity contribution in [1.29, 1.82) is 0 Å². The van der Waals surface area contributed by atoms with Gasteiger partial charge in [-0.1, -0.05) is 18.2 Å². The van der Waals surface area contributed by atoms with E-state index in [1.54, 1.807) is 36.4 Å². The number of hydrogen-bond donors (Lipinski definition) is 2. The third-order valence-electron chi connectivity index (χ3n) is 2.87. The van der Waals surface area contributed by atoms with Crippen LogP contribution in [0.1, 0.15) is 5.56 Å². The van der Waals surface area contributed by atoms with E-state index >= 15 is 0 Å². The van der Waals surface area contributed by atoms with E-state index in [0.717, 1.165) is 11.8 Å². The topological polar surface area (TPSA) is 101 Å². The van der Waals surface area contributed by atoms with Crippen molar-refractivity contribution in [2.75, 3.05) is 16.3 Å². The van der Waals surface area contributed by atoms with E-state index in [-0.39, 0.29) is 5.69 Å². The van der Waals surface area contributed by atoms with Gasteiger partial charge in [-0.15, -0.1) is 0 Å². The number of rotatable bonds is 6. The number of benzene rings is 2. The molecule has 7 nitrogen and oxygen atoms in total. The normalized spacial score (nSPS) is 11.0. The maximum absolute atomic E-state index is 11.3. The quantitative estimate of drug-likeness (QED) is 0.629. The molecule has 0 atom stereocenters. The number of hydrogen-bond acceptors (Lipinski definition) is 5. The Hall–Kier alpha value is -2.61. The molecular weight excluding hydrogens is 306 g/mol. The Balaban J connectivity index is 2.10. The van der Waals surface area contributed by atoms with Crippen LogP contribution in [0.5, 0.6) is 0 Å². The second-order valence-corrected chi connectivity index (χ2v) is 6.44. The molecule has 0 unspecified atom stereocenters. The maximum Gasteiger partial charge on any atom is 0.269 e. The fraction of sp³-hybridized carbons (Fsp3) is 0.143. The van der Waals surface area contributed by atoms with Crippen LogP contribution >= 0.6 is 0 Å². The van der Waals surface area contributed by atoms with E-state index in [4.69, 9.17) is 0 Å². The molecule has 0 fully saturated rings. The second kappa shape index (κ2) is 6.44. The molecule has 2 aromatic carbocycles. The minimum absolute atomic E-state index is 0.0182. The Bertz CT molecular complexity index is 773. The summed E-state index contributed by atoms with van der Waals surface area (Å²) < 4.78 is 25.1. The Morgan fingerprint density at radius 3 is 2.32 bits per heavy atom. The van der Waals surface area contributed by atoms with Gasteiger partial charge in [0.1, 0.15) is 0 Å². The molecule has 0 saturated heterocycles. The van der Waals surface area contributed by atoms with E-state index in [9.17, 15) is 18.5 Å². The number of anilines is 2. The molecule has 0 bridgehead atoms. The van der Waals surface area contributed by atoms with Crippen molar-refractivity contribution in [2.24, 2.45) is 0 Å². The first-order valence-corrected chi connectivity index (χ1v) is 8.28. The summed E-state index contributed by atoms with van der Waals surface area (Å²) in [5.74, 6) is 0. The van der Waals surface area contributed by atoms with Crippen LogP contribution < -0.4 is 10.0 Å². The number of nitro groups is 1. The summed E-state index contributed by atoms with van der Waals surface area (Å²) in [6.07, 6.45) is 1.09. The predicted molar refractivity (Wildman–Crippen MR) is 85.3 cm³/mol. The zero-order valence-corrected chi connectivity index (χ0v) is 12.6. The van der Waals surface area contributed by atoms with Gasteiger partial charge in [0.2, 0.25) is 10.0 Å². The highest BCUT2D eigenvalue weighted by Crippen LogP contribution is 2.20. The van der Waals surface area contributed by atoms with Crippen molar-refractivity contribution in [3.63, 3.8) is 0 Å². The van der Waals surface area contributed by atoms with Crippen LogP contribution in [-0.4, -0.2) is 19.6 Å². The van der Waals surface area contributed by atoms with Gasteiger partial charge in [-0.25, -0.2) is 8.42 Å². The molecule has 0 aromatic heterocycles. The average molecular weight is 321 g/mol. The van der Waals surface area contributed by atoms with Crippen LogP contribution in [0.15, 0.2) is 48.5 Å². The second-order valence-electron chi connectivity index (χ2n) is 4.69. The lowest BCUT2D eigenvalue weighted by Gasteiger charge is -2.12. The summed E-state index contributed by atoms with van der Waals surface area (Å²) >= 11 is 0. The zero-order valence-electron chi connectivity index (χ0n) is 11.8. The minimum atomic E-state index is -3.35. The van der Waals surface area contributed by atoms with Crippen molar-refractivity contribution in [3.05, 3.63) is 64.2 Å². The van der Waals surface area contributed by atoms with Crippen molar-refractivity contribution in [1.82, 2.24) is 0 Å². The first-order chi connectivity index (χ1) is 10.3. The fourth-order valence-electron chi connectivity index (χ4n) is 1.87. The largest absolute Gasteiger partial charge is 0.381 e. The van der Waals surface area contributed by atoms with Gasteiger partial charge < -0.3 is 5.32 Å². The number of sulfonamides is 1. The molecule has 0 amide bonds. The van der Waals surface area contributed by atoms with E-state index in [0.29, 0.717) is 17.9 Å². The highest BCUT2D eigenvalue weighted by atomic mass is 32.2. The zero-order chi connectivity index (χ0) is 16.2. The Morgan fingerprint density at radius 2 is 1.73 bits per heavy atom. The summed E-state index contributed by atoms with van der Waals surface area (Å²) in [4.78, 5) is 10.1. The fourth-order valence-corrected chi connectivity index (χ4v) is 2.47. The predicted octanol–water partition coefficient (Wildman–Crippen LogP) is 2.58. The molecule has 0 aliphatic carbocycles. The molecular formula is C14H15N3O4S. The summed E-state index contributed by atoms with van der Waals surface area (Å²) in [6, 6.07) is 13.0. The number of non-ortho nitro benzene ring substituents is 1. The van der Waals surface area contributed by atoms with Crippen molar-refractivity contribution < 1.29 is 13.3 Å². The first-order valence-electron chi connectivity index (χ1n) is 6.39. The van der Waals surface area contributed by atoms with Gasteiger partial charge in [0.25, 0.3) is 5.69 Å². The molecule has 0 aliphatic rings. The number of nitro benzene ring substituents is 1. The molecule has 2 rings (SSSR count). The molecule has 0 heterocycles. The van der Waals surface area contributed by atoms with E-state index < -0.39 is 14.9 Å². The summed E-state index contributed by atoms with van der Waals surface area (Å²) in [6.45, 7) is 0.385. The molecule has 22 heavy (non-hydrogen) atoms. The molecule has 116 valence electrons. The Labute approximate surface area is 128 Å². The summed E-state index contributed by atoms with van der Waals surface area (Å²) in [7, 11) is -3.35. The molecule has 0 radical (unpaired) electrons. The highest BCUT2D eigenvalue weighted by molar-refractivity contribution is 7.92. The molecule has 2 N–H and O–H groups in total. The van der Waals surface area contributed by atoms with Crippen LogP contribution in [0.2, 0.25) is 0 Å². The van der Waals surface area contributed by atoms with Crippen LogP contribution in [0.4, 0.5) is 17.1 Å². The minimum Gasteiger partial charge on any atom is -0.381 e. The molecule has 2 aromatic rings. The lowest BCUT2D eigenvalue weighted by molar-refractivity contribution is -0.384. The monoisotopic (exact) mass is 321 g/mol. The van der Waals surface area contributed by atoms with Gasteiger partial charge in [0.15, 0.2) is 0 Å². The summed E-state index contributed by atoms with van der Waals surface area (Å²) in [5.41, 5.74) is 2.00. The van der Waals surface area contributed by atoms with Gasteiger partial charge in [0.05, 0.1) is 16.9 Å². The molecule has 0 saturated carbocycles. The maximum atomic E-state index is 11.3. The standard InChI is InChI=1S/C14H15N3O4S/c1-22(20,21)16-14-5-3-2-4-11(14)10-15-12-6-8-13(9-7-12)17(18)19/h2-9,15-16H,10H2,1H3.